The maximum Gasteiger partial charge on any atom is 0.511 e. The average molecular weight is 468 g/mol. The van der Waals surface area contributed by atoms with E-state index in [1.807, 2.05) is 6.08 Å². The zero-order valence-corrected chi connectivity index (χ0v) is 18.6. The summed E-state index contributed by atoms with van der Waals surface area (Å²) in [6.07, 6.45) is 4.68. The Kier molecular flexibility index (Phi) is 7.08. The fraction of sp³-hybridized carbons (Fsp3) is 0.542. The number of ether oxygens (including phenoxy) is 1. The van der Waals surface area contributed by atoms with Gasteiger partial charge in [-0.05, 0) is 79.4 Å². The van der Waals surface area contributed by atoms with E-state index in [-0.39, 0.29) is 0 Å². The molecule has 3 atom stereocenters. The van der Waals surface area contributed by atoms with Crippen LogP contribution in [0, 0.1) is 17.8 Å². The number of benzene rings is 1. The second-order valence-electron chi connectivity index (χ2n) is 8.93. The van der Waals surface area contributed by atoms with Gasteiger partial charge in [-0.2, -0.15) is 13.2 Å². The van der Waals surface area contributed by atoms with Gasteiger partial charge in [-0.3, -0.25) is 0 Å². The van der Waals surface area contributed by atoms with E-state index in [4.69, 9.17) is 9.84 Å². The summed E-state index contributed by atoms with van der Waals surface area (Å²) in [6, 6.07) is 5.28. The predicted molar refractivity (Wildman–Crippen MR) is 118 cm³/mol. The number of hydrogen-bond donors (Lipinski definition) is 1. The lowest BCUT2D eigenvalue weighted by Crippen LogP contribution is -2.33. The van der Waals surface area contributed by atoms with Crippen LogP contribution in [0.3, 0.4) is 0 Å². The molecular weight excluding hydrogens is 439 g/mol. The van der Waals surface area contributed by atoms with Crippen molar-refractivity contribution in [3.8, 4) is 0 Å². The molecule has 3 unspecified atom stereocenters. The van der Waals surface area contributed by atoms with Gasteiger partial charge < -0.3 is 14.7 Å². The van der Waals surface area contributed by atoms with Crippen LogP contribution in [-0.2, 0) is 17.3 Å². The number of aryl methyl sites for hydroxylation is 1. The normalized spacial score (nSPS) is 25.0. The molecule has 2 bridgehead atoms. The summed E-state index contributed by atoms with van der Waals surface area (Å²) in [7, 11) is 0. The highest BCUT2D eigenvalue weighted by molar-refractivity contribution is 8.03. The van der Waals surface area contributed by atoms with Crippen molar-refractivity contribution in [3.63, 3.8) is 0 Å². The third-order valence-electron chi connectivity index (χ3n) is 6.76. The first-order valence-electron chi connectivity index (χ1n) is 11.1. The average Bonchev–Trinajstić information content (AvgIpc) is 3.35. The number of hydrogen-bond acceptors (Lipinski definition) is 4. The molecule has 8 heteroatoms. The Labute approximate surface area is 190 Å². The van der Waals surface area contributed by atoms with Gasteiger partial charge in [0.2, 0.25) is 0 Å². The minimum atomic E-state index is -4.32. The highest BCUT2D eigenvalue weighted by Crippen LogP contribution is 2.49. The third kappa shape index (κ3) is 5.63. The quantitative estimate of drug-likeness (QED) is 0.347. The zero-order valence-electron chi connectivity index (χ0n) is 17.8. The number of carbonyl (C=O) groups is 1. The largest absolute Gasteiger partial charge is 0.511 e. The van der Waals surface area contributed by atoms with Crippen LogP contribution in [0.4, 0.5) is 18.0 Å². The lowest BCUT2D eigenvalue weighted by Gasteiger charge is -2.34. The van der Waals surface area contributed by atoms with E-state index in [1.54, 1.807) is 17.8 Å². The summed E-state index contributed by atoms with van der Waals surface area (Å²) in [6.45, 7) is 1.65. The molecule has 0 saturated heterocycles. The Hall–Kier alpha value is -2.09. The van der Waals surface area contributed by atoms with E-state index in [0.29, 0.717) is 18.1 Å². The van der Waals surface area contributed by atoms with Gasteiger partial charge in [-0.25, -0.2) is 4.79 Å². The SMILES string of the molecule is O=C(O)OC1=C(SCCCc2ccc(C(F)(F)F)cc2)N(CC2CC3CCC2C3)CC=C1. The molecule has 1 aliphatic heterocycles. The van der Waals surface area contributed by atoms with Crippen molar-refractivity contribution in [2.45, 2.75) is 44.7 Å². The highest BCUT2D eigenvalue weighted by Gasteiger charge is 2.40. The molecule has 1 heterocycles. The molecule has 0 aromatic heterocycles. The fourth-order valence-corrected chi connectivity index (χ4v) is 6.34. The molecule has 1 aromatic rings. The lowest BCUT2D eigenvalue weighted by atomic mass is 9.88. The van der Waals surface area contributed by atoms with Gasteiger partial charge in [0.15, 0.2) is 5.76 Å². The molecule has 1 aromatic carbocycles. The van der Waals surface area contributed by atoms with Gasteiger partial charge in [-0.1, -0.05) is 24.6 Å². The topological polar surface area (TPSA) is 49.8 Å². The summed E-state index contributed by atoms with van der Waals surface area (Å²) in [5.41, 5.74) is 0.221. The summed E-state index contributed by atoms with van der Waals surface area (Å²) in [5.74, 6) is 3.37. The highest BCUT2D eigenvalue weighted by atomic mass is 32.2. The van der Waals surface area contributed by atoms with E-state index >= 15 is 0 Å². The van der Waals surface area contributed by atoms with Crippen molar-refractivity contribution < 1.29 is 27.8 Å². The summed E-state index contributed by atoms with van der Waals surface area (Å²) >= 11 is 1.57. The van der Waals surface area contributed by atoms with E-state index in [1.165, 1.54) is 37.8 Å². The number of fused-ring (bicyclic) bond motifs is 2. The van der Waals surface area contributed by atoms with Crippen molar-refractivity contribution >= 4 is 17.9 Å². The molecule has 174 valence electrons. The van der Waals surface area contributed by atoms with Crippen molar-refractivity contribution in [3.05, 3.63) is 58.3 Å². The maximum absolute atomic E-state index is 12.7. The lowest BCUT2D eigenvalue weighted by molar-refractivity contribution is -0.137. The molecule has 3 aliphatic rings. The Morgan fingerprint density at radius 3 is 2.59 bits per heavy atom. The molecule has 4 rings (SSSR count). The van der Waals surface area contributed by atoms with Crippen LogP contribution in [0.25, 0.3) is 0 Å². The first kappa shape index (κ1) is 23.1. The smallest absolute Gasteiger partial charge is 0.449 e. The molecule has 1 N–H and O–H groups in total. The maximum atomic E-state index is 12.7. The van der Waals surface area contributed by atoms with Gasteiger partial charge in [0.05, 0.1) is 5.56 Å². The minimum Gasteiger partial charge on any atom is -0.449 e. The van der Waals surface area contributed by atoms with Gasteiger partial charge in [0, 0.05) is 13.1 Å². The number of rotatable bonds is 8. The molecule has 0 amide bonds. The van der Waals surface area contributed by atoms with Crippen LogP contribution in [0.5, 0.6) is 0 Å². The summed E-state index contributed by atoms with van der Waals surface area (Å²) in [4.78, 5) is 13.4. The number of carboxylic acid groups (broad SMARTS) is 1. The van der Waals surface area contributed by atoms with Crippen molar-refractivity contribution in [2.24, 2.45) is 17.8 Å². The van der Waals surface area contributed by atoms with E-state index in [0.717, 1.165) is 59.8 Å². The number of alkyl halides is 3. The Morgan fingerprint density at radius 1 is 1.19 bits per heavy atom. The molecule has 2 saturated carbocycles. The molecule has 0 spiro atoms. The van der Waals surface area contributed by atoms with Gasteiger partial charge >= 0.3 is 12.3 Å². The van der Waals surface area contributed by atoms with Crippen LogP contribution in [-0.4, -0.2) is 35.0 Å². The third-order valence-corrected chi connectivity index (χ3v) is 7.99. The number of nitrogens with zero attached hydrogens (tertiary/aromatic N) is 1. The van der Waals surface area contributed by atoms with Crippen LogP contribution in [0.1, 0.15) is 43.2 Å². The number of halogens is 3. The van der Waals surface area contributed by atoms with Crippen LogP contribution in [0.15, 0.2) is 47.2 Å². The molecule has 4 nitrogen and oxygen atoms in total. The number of allylic oxidation sites excluding steroid dienone is 1. The predicted octanol–water partition coefficient (Wildman–Crippen LogP) is 6.54. The van der Waals surface area contributed by atoms with Crippen LogP contribution < -0.4 is 0 Å². The monoisotopic (exact) mass is 467 g/mol. The molecule has 2 aliphatic carbocycles. The Bertz CT molecular complexity index is 881. The first-order valence-corrected chi connectivity index (χ1v) is 12.1. The first-order chi connectivity index (χ1) is 15.3. The van der Waals surface area contributed by atoms with Crippen LogP contribution >= 0.6 is 11.8 Å². The second-order valence-corrected chi connectivity index (χ2v) is 10.0. The minimum absolute atomic E-state index is 0.367. The van der Waals surface area contributed by atoms with E-state index in [2.05, 4.69) is 4.90 Å². The van der Waals surface area contributed by atoms with Gasteiger partial charge in [0.25, 0.3) is 0 Å². The van der Waals surface area contributed by atoms with Crippen molar-refractivity contribution in [2.75, 3.05) is 18.8 Å². The summed E-state index contributed by atoms with van der Waals surface area (Å²) in [5, 5.41) is 9.99. The summed E-state index contributed by atoms with van der Waals surface area (Å²) < 4.78 is 43.2. The molecule has 0 radical (unpaired) electrons. The van der Waals surface area contributed by atoms with E-state index < -0.39 is 17.9 Å². The molecule has 2 fully saturated rings. The van der Waals surface area contributed by atoms with E-state index in [9.17, 15) is 18.0 Å². The van der Waals surface area contributed by atoms with Crippen molar-refractivity contribution in [1.29, 1.82) is 0 Å². The van der Waals surface area contributed by atoms with Gasteiger partial charge in [-0.15, -0.1) is 11.8 Å². The Balaban J connectivity index is 1.35. The fourth-order valence-electron chi connectivity index (χ4n) is 5.28. The molecular formula is C24H28F3NO3S. The standard InChI is InChI=1S/C24H28F3NO3S/c25-24(26,27)20-9-6-16(7-10-20)3-2-12-32-22-21(31-23(29)30)4-1-11-28(22)15-19-14-17-5-8-18(19)13-17/h1,4,6-7,9-10,17-19H,2-3,5,8,11-15H2,(H,29,30). The second kappa shape index (κ2) is 9.81. The van der Waals surface area contributed by atoms with Crippen LogP contribution in [0.2, 0.25) is 0 Å². The van der Waals surface area contributed by atoms with Gasteiger partial charge in [0.1, 0.15) is 5.03 Å². The molecule has 32 heavy (non-hydrogen) atoms. The number of thioether (sulfide) groups is 1. The Morgan fingerprint density at radius 2 is 1.97 bits per heavy atom. The van der Waals surface area contributed by atoms with Crippen molar-refractivity contribution in [1.82, 2.24) is 4.90 Å². The zero-order chi connectivity index (χ0) is 22.7.